The lowest BCUT2D eigenvalue weighted by molar-refractivity contribution is -0.176. The number of carbonyl (C=O) groups is 8. The topological polar surface area (TPSA) is 241 Å². The second-order valence-electron chi connectivity index (χ2n) is 27.1. The van der Waals surface area contributed by atoms with Gasteiger partial charge in [0.1, 0.15) is 24.2 Å². The number of benzene rings is 4. The first-order valence-electron chi connectivity index (χ1n) is 34.1. The van der Waals surface area contributed by atoms with Gasteiger partial charge in [0.25, 0.3) is 23.6 Å². The number of cyclic esters (lactones) is 4. The molecule has 22 heteroatoms. The van der Waals surface area contributed by atoms with Crippen LogP contribution >= 0.6 is 0 Å². The highest BCUT2D eigenvalue weighted by Gasteiger charge is 2.43. The quantitative estimate of drug-likeness (QED) is 0.0453. The first-order chi connectivity index (χ1) is 46.6. The number of likely N-dealkylation sites (N-methyl/N-ethyl adjacent to an activating group) is 4. The van der Waals surface area contributed by atoms with Gasteiger partial charge in [0.2, 0.25) is 11.8 Å². The van der Waals surface area contributed by atoms with Gasteiger partial charge in [-0.15, -0.1) is 0 Å². The highest BCUT2D eigenvalue weighted by atomic mass is 16.6. The smallest absolute Gasteiger partial charge is 0.329 e. The van der Waals surface area contributed by atoms with Gasteiger partial charge >= 0.3 is 23.9 Å². The number of esters is 4. The van der Waals surface area contributed by atoms with E-state index in [1.54, 1.807) is 33.6 Å². The van der Waals surface area contributed by atoms with Crippen molar-refractivity contribution in [3.05, 3.63) is 144 Å². The van der Waals surface area contributed by atoms with Crippen molar-refractivity contribution in [2.24, 2.45) is 23.7 Å². The average molecular weight is 1350 g/mol. The molecule has 4 amide bonds. The largest absolute Gasteiger partial charge is 0.478 e. The van der Waals surface area contributed by atoms with Gasteiger partial charge in [0, 0.05) is 64.3 Å². The Hall–Kier alpha value is -9.34. The molecule has 1 saturated heterocycles. The summed E-state index contributed by atoms with van der Waals surface area (Å²) in [4.78, 5) is 124. The molecule has 1 aliphatic rings. The molecule has 1 fully saturated rings. The van der Waals surface area contributed by atoms with E-state index in [1.807, 2.05) is 166 Å². The second-order valence-corrected chi connectivity index (χ2v) is 27.1. The van der Waals surface area contributed by atoms with Gasteiger partial charge in [-0.25, -0.2) is 28.5 Å². The molecule has 0 bridgehead atoms. The van der Waals surface area contributed by atoms with Gasteiger partial charge in [-0.3, -0.25) is 19.2 Å². The fourth-order valence-corrected chi connectivity index (χ4v) is 11.9. The Morgan fingerprint density at radius 3 is 0.949 bits per heavy atom. The molecule has 0 aliphatic carbocycles. The number of rotatable bonds is 22. The maximum absolute atomic E-state index is 15.3. The van der Waals surface area contributed by atoms with E-state index in [4.69, 9.17) is 38.6 Å². The normalized spacial score (nSPS) is 21.0. The van der Waals surface area contributed by atoms with E-state index in [-0.39, 0.29) is 62.2 Å². The van der Waals surface area contributed by atoms with Crippen LogP contribution in [0.15, 0.2) is 121 Å². The van der Waals surface area contributed by atoms with Gasteiger partial charge in [0.05, 0.1) is 37.7 Å². The summed E-state index contributed by atoms with van der Waals surface area (Å²) >= 11 is 0. The monoisotopic (exact) mass is 1350 g/mol. The summed E-state index contributed by atoms with van der Waals surface area (Å²) in [6.07, 6.45) is -6.32. The highest BCUT2D eigenvalue weighted by Crippen LogP contribution is 2.29. The molecule has 8 atom stereocenters. The molecule has 4 aromatic carbocycles. The first-order valence-corrected chi connectivity index (χ1v) is 34.1. The van der Waals surface area contributed by atoms with Crippen LogP contribution in [0.1, 0.15) is 131 Å². The molecule has 6 aromatic rings. The summed E-state index contributed by atoms with van der Waals surface area (Å²) in [6.45, 7) is 22.8. The molecule has 1 aliphatic heterocycles. The maximum atomic E-state index is 15.3. The highest BCUT2D eigenvalue weighted by molar-refractivity contribution is 5.94. The van der Waals surface area contributed by atoms with Crippen molar-refractivity contribution >= 4 is 47.5 Å². The summed E-state index contributed by atoms with van der Waals surface area (Å²) in [6, 6.07) is 32.6. The third-order valence-corrected chi connectivity index (χ3v) is 17.2. The number of carbonyl (C=O) groups excluding carboxylic acids is 8. The van der Waals surface area contributed by atoms with Gasteiger partial charge < -0.3 is 48.0 Å². The first kappa shape index (κ1) is 76.0. The molecular weight excluding hydrogens is 1250 g/mol. The third-order valence-electron chi connectivity index (χ3n) is 17.2. The van der Waals surface area contributed by atoms with Crippen molar-refractivity contribution in [3.8, 4) is 34.3 Å². The summed E-state index contributed by atoms with van der Waals surface area (Å²) in [5.41, 5.74) is 6.17. The Kier molecular flexibility index (Phi) is 27.3. The molecule has 0 radical (unpaired) electrons. The Morgan fingerprint density at radius 1 is 0.388 bits per heavy atom. The fourth-order valence-electron chi connectivity index (χ4n) is 11.9. The van der Waals surface area contributed by atoms with Crippen LogP contribution in [0.5, 0.6) is 11.8 Å². The second kappa shape index (κ2) is 35.2. The summed E-state index contributed by atoms with van der Waals surface area (Å²) in [5.74, 6) is -6.56. The molecular formula is C76H100N8O14. The number of hydrogen-bond donors (Lipinski definition) is 0. The molecule has 22 nitrogen and oxygen atoms in total. The summed E-state index contributed by atoms with van der Waals surface area (Å²) in [7, 11) is 5.57. The van der Waals surface area contributed by atoms with Crippen LogP contribution in [0.4, 0.5) is 0 Å². The SMILES string of the molecule is CCOc1cc(-c2ccccc2)nn1Cc1ccc(C[C@H]2OC(=O)[C@H](CC(C)C)N(C)C(=O)[C@@H](C)OC(=O)[C@H](CC(C)C)N(C)C(=O)[C@@H](Cc3ccc(Cn4nc(-c5ccccc5)cc4OCC)cc3)OC(=O)[C@H](CC(C)C)N(C)C(=O)[C@@H](C)OC(=O)[C@H](CC(C)C)N(C)C2=O)cc1. The minimum absolute atomic E-state index is 0.0574. The summed E-state index contributed by atoms with van der Waals surface area (Å²) < 4.78 is 40.0. The van der Waals surface area contributed by atoms with Crippen LogP contribution in [-0.2, 0) is 83.2 Å². The van der Waals surface area contributed by atoms with E-state index in [9.17, 15) is 28.8 Å². The molecule has 0 N–H and O–H groups in total. The number of amides is 4. The zero-order valence-electron chi connectivity index (χ0n) is 59.8. The van der Waals surface area contributed by atoms with Gasteiger partial charge in [-0.05, 0) is 99.3 Å². The van der Waals surface area contributed by atoms with Crippen LogP contribution in [0.3, 0.4) is 0 Å². The average Bonchev–Trinajstić information content (AvgIpc) is 0.983. The predicted molar refractivity (Wildman–Crippen MR) is 371 cm³/mol. The van der Waals surface area contributed by atoms with E-state index in [2.05, 4.69) is 0 Å². The van der Waals surface area contributed by atoms with E-state index in [0.29, 0.717) is 49.2 Å². The van der Waals surface area contributed by atoms with Crippen molar-refractivity contribution < 1.29 is 66.8 Å². The van der Waals surface area contributed by atoms with Crippen LogP contribution in [0, 0.1) is 23.7 Å². The van der Waals surface area contributed by atoms with Crippen LogP contribution < -0.4 is 9.47 Å². The maximum Gasteiger partial charge on any atom is 0.329 e. The Labute approximate surface area is 577 Å². The van der Waals surface area contributed by atoms with E-state index in [1.165, 1.54) is 42.0 Å². The third kappa shape index (κ3) is 20.4. The van der Waals surface area contributed by atoms with Crippen LogP contribution in [0.2, 0.25) is 0 Å². The lowest BCUT2D eigenvalue weighted by Gasteiger charge is -2.35. The standard InChI is InChI=1S/C76H100N8O14/c1-17-93-67-43-59(57-25-21-19-22-26-57)77-83(67)45-55-33-29-53(30-34-55)41-65-71(87)81(15)61(37-47(3)4)73(89)95-52(12)70(86)80(14)64(40-50(9)10)76(92)98-66(42-54-31-35-56(36-32-54)46-84-68(94-18-2)44-60(78-84)58-27-23-20-24-28-58)72(88)82(16)62(38-48(5)6)74(90)96-51(11)69(85)79(13)63(39-49(7)8)75(91)97-65/h19-36,43-44,47-52,61-66H,17-18,37-42,45-46H2,1-16H3/t51-,52-,61+,62+,63+,64+,65-,66-/m1/s1. The molecule has 0 spiro atoms. The Morgan fingerprint density at radius 2 is 0.663 bits per heavy atom. The van der Waals surface area contributed by atoms with E-state index in [0.717, 1.165) is 53.2 Å². The number of ether oxygens (including phenoxy) is 6. The van der Waals surface area contributed by atoms with Crippen molar-refractivity contribution in [3.63, 3.8) is 0 Å². The van der Waals surface area contributed by atoms with Gasteiger partial charge in [-0.2, -0.15) is 10.2 Å². The zero-order chi connectivity index (χ0) is 71.7. The molecule has 0 unspecified atom stereocenters. The molecule has 7 rings (SSSR count). The number of hydrogen-bond acceptors (Lipinski definition) is 16. The lowest BCUT2D eigenvalue weighted by Crippen LogP contribution is -2.55. The summed E-state index contributed by atoms with van der Waals surface area (Å²) in [5, 5.41) is 9.69. The Bertz CT molecular complexity index is 3390. The fraction of sp³-hybridized carbons (Fsp3) is 0.500. The van der Waals surface area contributed by atoms with Crippen LogP contribution in [0.25, 0.3) is 22.5 Å². The minimum atomic E-state index is -1.58. The predicted octanol–water partition coefficient (Wildman–Crippen LogP) is 10.3. The molecule has 98 heavy (non-hydrogen) atoms. The van der Waals surface area contributed by atoms with Gasteiger partial charge in [0.15, 0.2) is 24.4 Å². The lowest BCUT2D eigenvalue weighted by atomic mass is 9.99. The number of aromatic nitrogens is 4. The molecule has 2 aromatic heterocycles. The van der Waals surface area contributed by atoms with E-state index < -0.39 is 96.1 Å². The van der Waals surface area contributed by atoms with Crippen molar-refractivity contribution in [1.29, 1.82) is 0 Å². The molecule has 3 heterocycles. The molecule has 528 valence electrons. The van der Waals surface area contributed by atoms with Crippen LogP contribution in [-0.4, -0.2) is 177 Å². The zero-order valence-corrected chi connectivity index (χ0v) is 59.8. The molecule has 0 saturated carbocycles. The van der Waals surface area contributed by atoms with Gasteiger partial charge in [-0.1, -0.05) is 165 Å². The Balaban J connectivity index is 1.24. The van der Waals surface area contributed by atoms with E-state index >= 15 is 9.59 Å². The number of nitrogens with zero attached hydrogens (tertiary/aromatic N) is 8. The minimum Gasteiger partial charge on any atom is -0.478 e. The van der Waals surface area contributed by atoms with Crippen molar-refractivity contribution in [2.75, 3.05) is 41.4 Å². The van der Waals surface area contributed by atoms with Crippen molar-refractivity contribution in [1.82, 2.24) is 39.2 Å². The van der Waals surface area contributed by atoms with Crippen molar-refractivity contribution in [2.45, 2.75) is 183 Å².